The van der Waals surface area contributed by atoms with Gasteiger partial charge in [0, 0.05) is 16.6 Å². The highest BCUT2D eigenvalue weighted by Crippen LogP contribution is 2.24. The lowest BCUT2D eigenvalue weighted by molar-refractivity contribution is -0.115. The number of amides is 1. The maximum Gasteiger partial charge on any atom is 0.238 e. The van der Waals surface area contributed by atoms with Gasteiger partial charge in [0.1, 0.15) is 5.82 Å². The predicted octanol–water partition coefficient (Wildman–Crippen LogP) is 2.04. The highest BCUT2D eigenvalue weighted by molar-refractivity contribution is 5.93. The Balaban J connectivity index is 1.97. The van der Waals surface area contributed by atoms with Crippen molar-refractivity contribution in [1.82, 2.24) is 15.3 Å². The molecule has 0 aliphatic heterocycles. The Hall–Kier alpha value is -2.99. The Morgan fingerprint density at radius 1 is 1.13 bits per heavy atom. The number of hydrogen-bond donors (Lipinski definition) is 3. The Morgan fingerprint density at radius 3 is 2.78 bits per heavy atom. The van der Waals surface area contributed by atoms with Gasteiger partial charge in [-0.2, -0.15) is 0 Å². The molecule has 4 N–H and O–H groups in total. The fourth-order valence-corrected chi connectivity index (χ4v) is 2.33. The van der Waals surface area contributed by atoms with Crippen LogP contribution >= 0.6 is 0 Å². The van der Waals surface area contributed by atoms with Crippen LogP contribution in [0, 0.1) is 0 Å². The number of fused-ring (bicyclic) bond motifs is 1. The van der Waals surface area contributed by atoms with Crippen LogP contribution in [0.5, 0.6) is 0 Å². The van der Waals surface area contributed by atoms with E-state index in [2.05, 4.69) is 20.6 Å². The molecule has 6 nitrogen and oxygen atoms in total. The van der Waals surface area contributed by atoms with Crippen molar-refractivity contribution in [3.05, 3.63) is 48.5 Å². The first-order valence-electron chi connectivity index (χ1n) is 7.24. The molecule has 0 unspecified atom stereocenters. The normalized spacial score (nSPS) is 10.7. The lowest BCUT2D eigenvalue weighted by Crippen LogP contribution is -2.25. The summed E-state index contributed by atoms with van der Waals surface area (Å²) in [7, 11) is 1.72. The summed E-state index contributed by atoms with van der Waals surface area (Å²) in [5, 5.41) is 6.45. The summed E-state index contributed by atoms with van der Waals surface area (Å²) in [6.07, 6.45) is 0. The zero-order valence-corrected chi connectivity index (χ0v) is 12.7. The van der Waals surface area contributed by atoms with Crippen LogP contribution in [-0.2, 0) is 4.79 Å². The van der Waals surface area contributed by atoms with Gasteiger partial charge in [0.2, 0.25) is 5.91 Å². The molecule has 2 aromatic carbocycles. The third kappa shape index (κ3) is 3.27. The minimum absolute atomic E-state index is 0.108. The summed E-state index contributed by atoms with van der Waals surface area (Å²) in [6, 6.07) is 15.0. The number of benzene rings is 2. The Kier molecular flexibility index (Phi) is 4.16. The van der Waals surface area contributed by atoms with Crippen LogP contribution in [0.3, 0.4) is 0 Å². The molecule has 6 heteroatoms. The second-order valence-corrected chi connectivity index (χ2v) is 5.11. The number of hydrogen-bond acceptors (Lipinski definition) is 5. The van der Waals surface area contributed by atoms with Crippen LogP contribution in [0.15, 0.2) is 48.5 Å². The van der Waals surface area contributed by atoms with E-state index in [1.807, 2.05) is 48.5 Å². The molecule has 1 amide bonds. The van der Waals surface area contributed by atoms with Crippen LogP contribution in [-0.4, -0.2) is 29.5 Å². The average molecular weight is 307 g/mol. The lowest BCUT2D eigenvalue weighted by atomic mass is 10.1. The number of nitrogens with two attached hydrogens (primary N) is 1. The standard InChI is InChI=1S/C17H17N5O/c1-19-10-15(23)20-12-6-4-5-11(9-12)17-21-14-8-3-2-7-13(14)16(18)22-17/h2-9,19H,10H2,1H3,(H,20,23)(H2,18,21,22). The van der Waals surface area contributed by atoms with Crippen LogP contribution in [0.4, 0.5) is 11.5 Å². The number of nitrogens with zero attached hydrogens (tertiary/aromatic N) is 2. The van der Waals surface area contributed by atoms with E-state index in [1.54, 1.807) is 7.05 Å². The van der Waals surface area contributed by atoms with Crippen molar-refractivity contribution in [2.45, 2.75) is 0 Å². The molecule has 23 heavy (non-hydrogen) atoms. The van der Waals surface area contributed by atoms with Crippen molar-refractivity contribution < 1.29 is 4.79 Å². The maximum absolute atomic E-state index is 11.7. The van der Waals surface area contributed by atoms with Crippen LogP contribution in [0.2, 0.25) is 0 Å². The average Bonchev–Trinajstić information content (AvgIpc) is 2.55. The second-order valence-electron chi connectivity index (χ2n) is 5.11. The van der Waals surface area contributed by atoms with Crippen molar-refractivity contribution in [3.8, 4) is 11.4 Å². The van der Waals surface area contributed by atoms with Crippen molar-refractivity contribution >= 4 is 28.3 Å². The summed E-state index contributed by atoms with van der Waals surface area (Å²) in [5.41, 5.74) is 8.30. The fourth-order valence-electron chi connectivity index (χ4n) is 2.33. The topological polar surface area (TPSA) is 92.9 Å². The monoisotopic (exact) mass is 307 g/mol. The molecular weight excluding hydrogens is 290 g/mol. The quantitative estimate of drug-likeness (QED) is 0.686. The molecule has 3 rings (SSSR count). The molecule has 0 spiro atoms. The third-order valence-corrected chi connectivity index (χ3v) is 3.37. The molecule has 3 aromatic rings. The molecule has 0 radical (unpaired) electrons. The molecule has 0 fully saturated rings. The van der Waals surface area contributed by atoms with Gasteiger partial charge in [0.15, 0.2) is 5.82 Å². The number of anilines is 2. The lowest BCUT2D eigenvalue weighted by Gasteiger charge is -2.08. The minimum atomic E-state index is -0.108. The SMILES string of the molecule is CNCC(=O)Nc1cccc(-c2nc(N)c3ccccc3n2)c1. The largest absolute Gasteiger partial charge is 0.383 e. The number of rotatable bonds is 4. The summed E-state index contributed by atoms with van der Waals surface area (Å²) < 4.78 is 0. The first kappa shape index (κ1) is 14.9. The molecule has 0 aliphatic carbocycles. The van der Waals surface area contributed by atoms with Gasteiger partial charge in [-0.1, -0.05) is 24.3 Å². The van der Waals surface area contributed by atoms with E-state index in [9.17, 15) is 4.79 Å². The molecule has 0 saturated heterocycles. The van der Waals surface area contributed by atoms with Gasteiger partial charge in [0.25, 0.3) is 0 Å². The molecular formula is C17H17N5O. The van der Waals surface area contributed by atoms with E-state index in [0.717, 1.165) is 16.5 Å². The molecule has 1 aromatic heterocycles. The molecule has 0 atom stereocenters. The van der Waals surface area contributed by atoms with Gasteiger partial charge in [-0.15, -0.1) is 0 Å². The zero-order valence-electron chi connectivity index (χ0n) is 12.7. The van der Waals surface area contributed by atoms with Crippen molar-refractivity contribution in [1.29, 1.82) is 0 Å². The summed E-state index contributed by atoms with van der Waals surface area (Å²) in [4.78, 5) is 20.6. The van der Waals surface area contributed by atoms with E-state index in [1.165, 1.54) is 0 Å². The highest BCUT2D eigenvalue weighted by atomic mass is 16.1. The van der Waals surface area contributed by atoms with E-state index >= 15 is 0 Å². The van der Waals surface area contributed by atoms with Crippen molar-refractivity contribution in [3.63, 3.8) is 0 Å². The van der Waals surface area contributed by atoms with E-state index in [0.29, 0.717) is 17.3 Å². The predicted molar refractivity (Wildman–Crippen MR) is 91.9 cm³/mol. The van der Waals surface area contributed by atoms with Gasteiger partial charge < -0.3 is 16.4 Å². The van der Waals surface area contributed by atoms with E-state index < -0.39 is 0 Å². The number of para-hydroxylation sites is 1. The number of nitrogen functional groups attached to an aromatic ring is 1. The molecule has 116 valence electrons. The third-order valence-electron chi connectivity index (χ3n) is 3.37. The maximum atomic E-state index is 11.7. The summed E-state index contributed by atoms with van der Waals surface area (Å²) in [5.74, 6) is 0.865. The van der Waals surface area contributed by atoms with E-state index in [4.69, 9.17) is 5.73 Å². The first-order valence-corrected chi connectivity index (χ1v) is 7.24. The number of nitrogens with one attached hydrogen (secondary N) is 2. The zero-order chi connectivity index (χ0) is 16.2. The van der Waals surface area contributed by atoms with Gasteiger partial charge in [0.05, 0.1) is 12.1 Å². The van der Waals surface area contributed by atoms with Gasteiger partial charge >= 0.3 is 0 Å². The number of aromatic nitrogens is 2. The number of likely N-dealkylation sites (N-methyl/N-ethyl adjacent to an activating group) is 1. The molecule has 0 saturated carbocycles. The first-order chi connectivity index (χ1) is 11.2. The van der Waals surface area contributed by atoms with Crippen molar-refractivity contribution in [2.24, 2.45) is 0 Å². The minimum Gasteiger partial charge on any atom is -0.383 e. The van der Waals surface area contributed by atoms with Crippen molar-refractivity contribution in [2.75, 3.05) is 24.6 Å². The molecule has 1 heterocycles. The Bertz CT molecular complexity index is 862. The smallest absolute Gasteiger partial charge is 0.238 e. The second kappa shape index (κ2) is 6.41. The fraction of sp³-hybridized carbons (Fsp3) is 0.118. The number of carbonyl (C=O) groups is 1. The van der Waals surface area contributed by atoms with Gasteiger partial charge in [-0.25, -0.2) is 9.97 Å². The molecule has 0 aliphatic rings. The van der Waals surface area contributed by atoms with Gasteiger partial charge in [-0.05, 0) is 31.3 Å². The van der Waals surface area contributed by atoms with E-state index in [-0.39, 0.29) is 12.5 Å². The summed E-state index contributed by atoms with van der Waals surface area (Å²) >= 11 is 0. The van der Waals surface area contributed by atoms with Gasteiger partial charge in [-0.3, -0.25) is 4.79 Å². The van der Waals surface area contributed by atoms with Crippen LogP contribution in [0.25, 0.3) is 22.3 Å². The molecule has 0 bridgehead atoms. The Labute approximate surface area is 133 Å². The van der Waals surface area contributed by atoms with Crippen LogP contribution < -0.4 is 16.4 Å². The van der Waals surface area contributed by atoms with Crippen LogP contribution in [0.1, 0.15) is 0 Å². The highest BCUT2D eigenvalue weighted by Gasteiger charge is 2.08. The Morgan fingerprint density at radius 2 is 1.96 bits per heavy atom. The summed E-state index contributed by atoms with van der Waals surface area (Å²) in [6.45, 7) is 0.254. The number of carbonyl (C=O) groups excluding carboxylic acids is 1.